The van der Waals surface area contributed by atoms with Gasteiger partial charge in [0.05, 0.1) is 19.4 Å². The number of methoxy groups -OCH3 is 1. The lowest BCUT2D eigenvalue weighted by atomic mass is 10.2. The Hall–Kier alpha value is -3.78. The number of ether oxygens (including phenoxy) is 2. The van der Waals surface area contributed by atoms with E-state index in [0.717, 1.165) is 45.1 Å². The van der Waals surface area contributed by atoms with E-state index in [9.17, 15) is 0 Å². The van der Waals surface area contributed by atoms with Crippen LogP contribution in [0.25, 0.3) is 22.7 Å². The van der Waals surface area contributed by atoms with Gasteiger partial charge in [0, 0.05) is 29.4 Å². The zero-order valence-electron chi connectivity index (χ0n) is 18.4. The molecule has 33 heavy (non-hydrogen) atoms. The fourth-order valence-corrected chi connectivity index (χ4v) is 4.41. The van der Waals surface area contributed by atoms with Crippen LogP contribution in [0.4, 0.5) is 0 Å². The maximum absolute atomic E-state index is 5.61. The van der Waals surface area contributed by atoms with Gasteiger partial charge in [-0.1, -0.05) is 17.8 Å². The van der Waals surface area contributed by atoms with Crippen LogP contribution >= 0.6 is 11.8 Å². The summed E-state index contributed by atoms with van der Waals surface area (Å²) in [5, 5.41) is 9.84. The van der Waals surface area contributed by atoms with Gasteiger partial charge in [-0.15, -0.1) is 10.2 Å². The molecule has 0 fully saturated rings. The van der Waals surface area contributed by atoms with E-state index in [1.807, 2.05) is 90.4 Å². The van der Waals surface area contributed by atoms with Crippen molar-refractivity contribution in [2.75, 3.05) is 13.7 Å². The predicted octanol–water partition coefficient (Wildman–Crippen LogP) is 5.28. The van der Waals surface area contributed by atoms with Crippen molar-refractivity contribution in [1.82, 2.24) is 24.1 Å². The Morgan fingerprint density at radius 2 is 1.70 bits per heavy atom. The molecule has 0 aliphatic heterocycles. The van der Waals surface area contributed by atoms with Crippen molar-refractivity contribution in [3.8, 4) is 28.6 Å². The number of benzene rings is 2. The number of thioether (sulfide) groups is 1. The highest BCUT2D eigenvalue weighted by molar-refractivity contribution is 7.98. The van der Waals surface area contributed by atoms with Crippen molar-refractivity contribution in [2.45, 2.75) is 17.8 Å². The largest absolute Gasteiger partial charge is 0.497 e. The van der Waals surface area contributed by atoms with Gasteiger partial charge in [0.15, 0.2) is 11.0 Å². The Morgan fingerprint density at radius 1 is 0.909 bits per heavy atom. The Kier molecular flexibility index (Phi) is 5.99. The van der Waals surface area contributed by atoms with Gasteiger partial charge in [0.25, 0.3) is 0 Å². The Balaban J connectivity index is 1.50. The van der Waals surface area contributed by atoms with Crippen LogP contribution in [-0.4, -0.2) is 37.9 Å². The van der Waals surface area contributed by atoms with E-state index in [2.05, 4.69) is 14.8 Å². The fraction of sp³-hybridized carbons (Fsp3) is 0.160. The smallest absolute Gasteiger partial charge is 0.196 e. The summed E-state index contributed by atoms with van der Waals surface area (Å²) in [6, 6.07) is 21.8. The molecule has 0 amide bonds. The third kappa shape index (κ3) is 4.42. The first kappa shape index (κ1) is 21.1. The predicted molar refractivity (Wildman–Crippen MR) is 129 cm³/mol. The quantitative estimate of drug-likeness (QED) is 0.295. The molecule has 0 bridgehead atoms. The number of fused-ring (bicyclic) bond motifs is 1. The zero-order valence-corrected chi connectivity index (χ0v) is 19.2. The minimum atomic E-state index is 0.628. The second-order valence-electron chi connectivity index (χ2n) is 7.28. The van der Waals surface area contributed by atoms with Crippen LogP contribution < -0.4 is 9.47 Å². The SMILES string of the molecule is CCOc1ccc(-n2c(SCc3cn4ccccc4n3)nnc2-c2ccc(OC)cc2)cc1. The highest BCUT2D eigenvalue weighted by Crippen LogP contribution is 2.31. The third-order valence-corrected chi connectivity index (χ3v) is 6.11. The molecule has 0 saturated carbocycles. The maximum Gasteiger partial charge on any atom is 0.196 e. The molecule has 166 valence electrons. The summed E-state index contributed by atoms with van der Waals surface area (Å²) in [6.45, 7) is 2.60. The van der Waals surface area contributed by atoms with Gasteiger partial charge in [-0.2, -0.15) is 0 Å². The van der Waals surface area contributed by atoms with Crippen LogP contribution in [0.1, 0.15) is 12.6 Å². The molecule has 3 aromatic heterocycles. The molecule has 0 atom stereocenters. The number of hydrogen-bond donors (Lipinski definition) is 0. The second kappa shape index (κ2) is 9.38. The van der Waals surface area contributed by atoms with Gasteiger partial charge < -0.3 is 13.9 Å². The van der Waals surface area contributed by atoms with E-state index in [4.69, 9.17) is 14.5 Å². The molecule has 0 saturated heterocycles. The maximum atomic E-state index is 5.61. The van der Waals surface area contributed by atoms with E-state index >= 15 is 0 Å². The highest BCUT2D eigenvalue weighted by Gasteiger charge is 2.17. The number of aromatic nitrogens is 5. The Morgan fingerprint density at radius 3 is 2.42 bits per heavy atom. The lowest BCUT2D eigenvalue weighted by Crippen LogP contribution is -2.00. The molecule has 0 aliphatic rings. The van der Waals surface area contributed by atoms with Crippen LogP contribution in [0, 0.1) is 0 Å². The molecule has 0 N–H and O–H groups in total. The summed E-state index contributed by atoms with van der Waals surface area (Å²) in [5.41, 5.74) is 3.84. The first-order valence-corrected chi connectivity index (χ1v) is 11.6. The Labute approximate surface area is 196 Å². The first-order chi connectivity index (χ1) is 16.2. The van der Waals surface area contributed by atoms with Gasteiger partial charge in [0.2, 0.25) is 0 Å². The van der Waals surface area contributed by atoms with Gasteiger partial charge in [-0.05, 0) is 67.6 Å². The van der Waals surface area contributed by atoms with Crippen molar-refractivity contribution in [3.63, 3.8) is 0 Å². The lowest BCUT2D eigenvalue weighted by molar-refractivity contribution is 0.340. The molecule has 5 aromatic rings. The van der Waals surface area contributed by atoms with Crippen molar-refractivity contribution >= 4 is 17.4 Å². The number of hydrogen-bond acceptors (Lipinski definition) is 6. The minimum Gasteiger partial charge on any atom is -0.497 e. The molecule has 0 aliphatic carbocycles. The normalized spacial score (nSPS) is 11.1. The van der Waals surface area contributed by atoms with Crippen molar-refractivity contribution in [3.05, 3.63) is 84.8 Å². The second-order valence-corrected chi connectivity index (χ2v) is 8.23. The average molecular weight is 458 g/mol. The van der Waals surface area contributed by atoms with E-state index in [0.29, 0.717) is 12.4 Å². The van der Waals surface area contributed by atoms with E-state index in [1.54, 1.807) is 18.9 Å². The first-order valence-electron chi connectivity index (χ1n) is 10.6. The number of imidazole rings is 1. The van der Waals surface area contributed by atoms with Gasteiger partial charge >= 0.3 is 0 Å². The molecule has 0 radical (unpaired) electrons. The summed E-state index contributed by atoms with van der Waals surface area (Å²) in [7, 11) is 1.66. The van der Waals surface area contributed by atoms with Gasteiger partial charge in [-0.25, -0.2) is 4.98 Å². The number of pyridine rings is 1. The molecule has 0 spiro atoms. The van der Waals surface area contributed by atoms with E-state index < -0.39 is 0 Å². The Bertz CT molecular complexity index is 1330. The van der Waals surface area contributed by atoms with Crippen molar-refractivity contribution in [2.24, 2.45) is 0 Å². The van der Waals surface area contributed by atoms with Gasteiger partial charge in [-0.3, -0.25) is 4.57 Å². The average Bonchev–Trinajstić information content (AvgIpc) is 3.47. The third-order valence-electron chi connectivity index (χ3n) is 5.15. The molecular weight excluding hydrogens is 434 g/mol. The summed E-state index contributed by atoms with van der Waals surface area (Å²) < 4.78 is 15.0. The minimum absolute atomic E-state index is 0.628. The van der Waals surface area contributed by atoms with Crippen LogP contribution in [0.5, 0.6) is 11.5 Å². The number of rotatable bonds is 8. The number of nitrogens with zero attached hydrogens (tertiary/aromatic N) is 5. The monoisotopic (exact) mass is 457 g/mol. The standard InChI is InChI=1S/C25H23N5O2S/c1-3-32-22-13-9-20(10-14-22)30-24(18-7-11-21(31-2)12-8-18)27-28-25(30)33-17-19-16-29-15-5-4-6-23(29)26-19/h4-16H,3,17H2,1-2H3. The summed E-state index contributed by atoms with van der Waals surface area (Å²) >= 11 is 1.61. The van der Waals surface area contributed by atoms with Crippen LogP contribution in [0.2, 0.25) is 0 Å². The van der Waals surface area contributed by atoms with Crippen LogP contribution in [0.3, 0.4) is 0 Å². The molecular formula is C25H23N5O2S. The molecule has 0 unspecified atom stereocenters. The fourth-order valence-electron chi connectivity index (χ4n) is 3.58. The molecule has 7 nitrogen and oxygen atoms in total. The zero-order chi connectivity index (χ0) is 22.6. The summed E-state index contributed by atoms with van der Waals surface area (Å²) in [4.78, 5) is 4.70. The van der Waals surface area contributed by atoms with Crippen LogP contribution in [-0.2, 0) is 5.75 Å². The molecule has 2 aromatic carbocycles. The lowest BCUT2D eigenvalue weighted by Gasteiger charge is -2.11. The topological polar surface area (TPSA) is 66.5 Å². The highest BCUT2D eigenvalue weighted by atomic mass is 32.2. The molecule has 3 heterocycles. The van der Waals surface area contributed by atoms with E-state index in [-0.39, 0.29) is 0 Å². The molecule has 5 rings (SSSR count). The molecule has 8 heteroatoms. The van der Waals surface area contributed by atoms with Crippen LogP contribution in [0.15, 0.2) is 84.3 Å². The van der Waals surface area contributed by atoms with Gasteiger partial charge in [0.1, 0.15) is 17.1 Å². The van der Waals surface area contributed by atoms with Crippen molar-refractivity contribution in [1.29, 1.82) is 0 Å². The van der Waals surface area contributed by atoms with E-state index in [1.165, 1.54) is 0 Å². The summed E-state index contributed by atoms with van der Waals surface area (Å²) in [6.07, 6.45) is 4.05. The summed E-state index contributed by atoms with van der Waals surface area (Å²) in [5.74, 6) is 3.07. The van der Waals surface area contributed by atoms with Crippen molar-refractivity contribution < 1.29 is 9.47 Å².